The Kier molecular flexibility index (Phi) is 5.02. The molecule has 1 aromatic rings. The first kappa shape index (κ1) is 15.6. The average Bonchev–Trinajstić information content (AvgIpc) is 2.33. The summed E-state index contributed by atoms with van der Waals surface area (Å²) in [7, 11) is -2.53. The lowest BCUT2D eigenvalue weighted by Crippen LogP contribution is -2.30. The van der Waals surface area contributed by atoms with Gasteiger partial charge in [0.1, 0.15) is 5.82 Å². The molecule has 0 saturated carbocycles. The van der Waals surface area contributed by atoms with E-state index < -0.39 is 21.7 Å². The predicted molar refractivity (Wildman–Crippen MR) is 69.6 cm³/mol. The molecule has 19 heavy (non-hydrogen) atoms. The molecule has 0 unspecified atom stereocenters. The molecule has 2 N–H and O–H groups in total. The summed E-state index contributed by atoms with van der Waals surface area (Å²) < 4.78 is 36.0. The average molecular weight is 288 g/mol. The quantitative estimate of drug-likeness (QED) is 0.888. The Morgan fingerprint density at radius 3 is 2.58 bits per heavy atom. The number of halogens is 1. The Morgan fingerprint density at radius 2 is 2.05 bits per heavy atom. The van der Waals surface area contributed by atoms with Crippen molar-refractivity contribution >= 4 is 15.9 Å². The zero-order valence-corrected chi connectivity index (χ0v) is 11.7. The molecule has 0 atom stereocenters. The van der Waals surface area contributed by atoms with Crippen LogP contribution in [0.4, 0.5) is 4.39 Å². The molecule has 0 fully saturated rings. The number of unbranched alkanes of at least 4 members (excludes halogenated alkanes) is 1. The molecule has 1 amide bonds. The Balaban J connectivity index is 3.18. The van der Waals surface area contributed by atoms with Gasteiger partial charge in [-0.05, 0) is 24.6 Å². The first-order chi connectivity index (χ1) is 8.77. The van der Waals surface area contributed by atoms with Crippen LogP contribution < -0.4 is 5.14 Å². The predicted octanol–water partition coefficient (Wildman–Crippen LogP) is 1.35. The lowest BCUT2D eigenvalue weighted by molar-refractivity contribution is 0.0789. The molecule has 0 heterocycles. The number of nitrogens with zero attached hydrogens (tertiary/aromatic N) is 1. The Morgan fingerprint density at radius 1 is 1.42 bits per heavy atom. The van der Waals surface area contributed by atoms with E-state index in [0.29, 0.717) is 6.54 Å². The fourth-order valence-electron chi connectivity index (χ4n) is 1.62. The summed E-state index contributed by atoms with van der Waals surface area (Å²) >= 11 is 0. The van der Waals surface area contributed by atoms with E-state index in [2.05, 4.69) is 0 Å². The van der Waals surface area contributed by atoms with Crippen LogP contribution in [0.15, 0.2) is 23.1 Å². The molecular weight excluding hydrogens is 271 g/mol. The Hall–Kier alpha value is -1.47. The molecule has 1 rings (SSSR count). The van der Waals surface area contributed by atoms with Crippen LogP contribution in [0, 0.1) is 5.82 Å². The molecule has 7 heteroatoms. The Labute approximate surface area is 112 Å². The lowest BCUT2D eigenvalue weighted by atomic mass is 10.2. The van der Waals surface area contributed by atoms with E-state index >= 15 is 0 Å². The molecule has 0 aliphatic heterocycles. The molecule has 106 valence electrons. The standard InChI is InChI=1S/C12H17FN2O3S/c1-3-4-7-15(2)12(16)10-8-9(13)5-6-11(10)19(14,17)18/h5-6,8H,3-4,7H2,1-2H3,(H2,14,17,18). The van der Waals surface area contributed by atoms with E-state index in [4.69, 9.17) is 5.14 Å². The van der Waals surface area contributed by atoms with Gasteiger partial charge >= 0.3 is 0 Å². The van der Waals surface area contributed by atoms with Gasteiger partial charge in [-0.3, -0.25) is 4.79 Å². The normalized spacial score (nSPS) is 11.4. The maximum absolute atomic E-state index is 13.2. The number of carbonyl (C=O) groups excluding carboxylic acids is 1. The molecule has 5 nitrogen and oxygen atoms in total. The second kappa shape index (κ2) is 6.12. The smallest absolute Gasteiger partial charge is 0.255 e. The zero-order valence-electron chi connectivity index (χ0n) is 10.9. The van der Waals surface area contributed by atoms with Crippen molar-refractivity contribution in [2.75, 3.05) is 13.6 Å². The van der Waals surface area contributed by atoms with Crippen LogP contribution in [0.5, 0.6) is 0 Å². The number of benzene rings is 1. The lowest BCUT2D eigenvalue weighted by Gasteiger charge is -2.18. The van der Waals surface area contributed by atoms with Crippen molar-refractivity contribution in [2.45, 2.75) is 24.7 Å². The third-order valence-corrected chi connectivity index (χ3v) is 3.64. The van der Waals surface area contributed by atoms with Gasteiger partial charge in [0.05, 0.1) is 10.5 Å². The highest BCUT2D eigenvalue weighted by atomic mass is 32.2. The van der Waals surface area contributed by atoms with Gasteiger partial charge in [-0.15, -0.1) is 0 Å². The minimum atomic E-state index is -4.06. The molecule has 0 aliphatic carbocycles. The molecule has 0 aliphatic rings. The summed E-state index contributed by atoms with van der Waals surface area (Å²) in [6.07, 6.45) is 1.67. The number of rotatable bonds is 5. The third kappa shape index (κ3) is 4.00. The highest BCUT2D eigenvalue weighted by Gasteiger charge is 2.22. The molecular formula is C12H17FN2O3S. The van der Waals surface area contributed by atoms with E-state index in [1.807, 2.05) is 6.92 Å². The number of sulfonamides is 1. The maximum Gasteiger partial charge on any atom is 0.255 e. The molecule has 0 radical (unpaired) electrons. The van der Waals surface area contributed by atoms with Crippen molar-refractivity contribution in [3.05, 3.63) is 29.6 Å². The third-order valence-electron chi connectivity index (χ3n) is 2.67. The van der Waals surface area contributed by atoms with Crippen molar-refractivity contribution in [1.29, 1.82) is 0 Å². The number of hydrogen-bond acceptors (Lipinski definition) is 3. The van der Waals surface area contributed by atoms with Gasteiger partial charge in [-0.1, -0.05) is 13.3 Å². The number of hydrogen-bond donors (Lipinski definition) is 1. The van der Waals surface area contributed by atoms with Gasteiger partial charge < -0.3 is 4.90 Å². The monoisotopic (exact) mass is 288 g/mol. The van der Waals surface area contributed by atoms with Crippen LogP contribution >= 0.6 is 0 Å². The van der Waals surface area contributed by atoms with Gasteiger partial charge in [-0.25, -0.2) is 17.9 Å². The van der Waals surface area contributed by atoms with E-state index in [1.54, 1.807) is 0 Å². The largest absolute Gasteiger partial charge is 0.342 e. The van der Waals surface area contributed by atoms with E-state index in [0.717, 1.165) is 31.0 Å². The summed E-state index contributed by atoms with van der Waals surface area (Å²) in [5.41, 5.74) is -0.235. The highest BCUT2D eigenvalue weighted by molar-refractivity contribution is 7.89. The summed E-state index contributed by atoms with van der Waals surface area (Å²) in [6, 6.07) is 2.86. The zero-order chi connectivity index (χ0) is 14.6. The van der Waals surface area contributed by atoms with Gasteiger partial charge in [0.25, 0.3) is 5.91 Å². The second-order valence-corrected chi connectivity index (χ2v) is 5.80. The van der Waals surface area contributed by atoms with Gasteiger partial charge in [0.2, 0.25) is 10.0 Å². The molecule has 0 bridgehead atoms. The molecule has 1 aromatic carbocycles. The number of carbonyl (C=O) groups is 1. The van der Waals surface area contributed by atoms with Crippen LogP contribution in [-0.4, -0.2) is 32.8 Å². The van der Waals surface area contributed by atoms with Crippen molar-refractivity contribution in [1.82, 2.24) is 4.90 Å². The number of amides is 1. The summed E-state index contributed by atoms with van der Waals surface area (Å²) in [6.45, 7) is 2.44. The minimum absolute atomic E-state index is 0.235. The second-order valence-electron chi connectivity index (χ2n) is 4.27. The van der Waals surface area contributed by atoms with Crippen molar-refractivity contribution in [2.24, 2.45) is 5.14 Å². The SMILES string of the molecule is CCCCN(C)C(=O)c1cc(F)ccc1S(N)(=O)=O. The van der Waals surface area contributed by atoms with E-state index in [9.17, 15) is 17.6 Å². The molecule has 0 saturated heterocycles. The number of nitrogens with two attached hydrogens (primary N) is 1. The first-order valence-electron chi connectivity index (χ1n) is 5.85. The van der Waals surface area contributed by atoms with Gasteiger partial charge in [0.15, 0.2) is 0 Å². The number of primary sulfonamides is 1. The fourth-order valence-corrected chi connectivity index (χ4v) is 2.33. The van der Waals surface area contributed by atoms with Crippen LogP contribution in [-0.2, 0) is 10.0 Å². The van der Waals surface area contributed by atoms with Crippen molar-refractivity contribution in [3.63, 3.8) is 0 Å². The van der Waals surface area contributed by atoms with Crippen LogP contribution in [0.3, 0.4) is 0 Å². The summed E-state index contributed by atoms with van der Waals surface area (Å²) in [4.78, 5) is 13.1. The maximum atomic E-state index is 13.2. The minimum Gasteiger partial charge on any atom is -0.342 e. The molecule has 0 aromatic heterocycles. The Bertz CT molecular complexity index is 572. The van der Waals surface area contributed by atoms with Crippen LogP contribution in [0.25, 0.3) is 0 Å². The summed E-state index contributed by atoms with van der Waals surface area (Å²) in [5.74, 6) is -1.24. The highest BCUT2D eigenvalue weighted by Crippen LogP contribution is 2.17. The van der Waals surface area contributed by atoms with Gasteiger partial charge in [-0.2, -0.15) is 0 Å². The van der Waals surface area contributed by atoms with Crippen LogP contribution in [0.2, 0.25) is 0 Å². The topological polar surface area (TPSA) is 80.5 Å². The van der Waals surface area contributed by atoms with Crippen molar-refractivity contribution < 1.29 is 17.6 Å². The first-order valence-corrected chi connectivity index (χ1v) is 7.39. The van der Waals surface area contributed by atoms with E-state index in [1.165, 1.54) is 11.9 Å². The van der Waals surface area contributed by atoms with Gasteiger partial charge in [0, 0.05) is 13.6 Å². The van der Waals surface area contributed by atoms with Crippen molar-refractivity contribution in [3.8, 4) is 0 Å². The fraction of sp³-hybridized carbons (Fsp3) is 0.417. The summed E-state index contributed by atoms with van der Waals surface area (Å²) in [5, 5.41) is 5.02. The molecule has 0 spiro atoms. The van der Waals surface area contributed by atoms with Crippen LogP contribution in [0.1, 0.15) is 30.1 Å². The van der Waals surface area contributed by atoms with E-state index in [-0.39, 0.29) is 10.5 Å².